The first-order valence-corrected chi connectivity index (χ1v) is 10.5. The molecule has 0 spiro atoms. The predicted octanol–water partition coefficient (Wildman–Crippen LogP) is 5.01. The Labute approximate surface area is 192 Å². The zero-order valence-electron chi connectivity index (χ0n) is 16.8. The second-order valence-corrected chi connectivity index (χ2v) is 8.28. The van der Waals surface area contributed by atoms with Gasteiger partial charge in [-0.1, -0.05) is 39.7 Å². The topological polar surface area (TPSA) is 85.6 Å². The van der Waals surface area contributed by atoms with E-state index in [0.29, 0.717) is 21.7 Å². The van der Waals surface area contributed by atoms with Crippen LogP contribution in [0.15, 0.2) is 64.0 Å². The van der Waals surface area contributed by atoms with Crippen molar-refractivity contribution >= 4 is 39.3 Å². The van der Waals surface area contributed by atoms with Gasteiger partial charge in [0, 0.05) is 33.1 Å². The molecule has 0 aliphatic heterocycles. The van der Waals surface area contributed by atoms with Crippen molar-refractivity contribution in [1.29, 1.82) is 0 Å². The summed E-state index contributed by atoms with van der Waals surface area (Å²) in [4.78, 5) is 37.0. The molecular weight excluding hydrogens is 486 g/mol. The standard InChI is InChI=1S/C23H19BrClNO5/c1-13(27)17-8-7-16(25)10-18(17)19-11-22(28)26(12-21(19)31-2)20(23(29)30)9-14-3-5-15(24)6-4-14/h3-8,10-12,20H,9H2,1-2H3,(H,29,30). The Hall–Kier alpha value is -2.90. The molecule has 0 bridgehead atoms. The number of aliphatic carboxylic acids is 1. The molecule has 160 valence electrons. The molecule has 1 atom stereocenters. The molecule has 8 heteroatoms. The number of carbonyl (C=O) groups excluding carboxylic acids is 1. The van der Waals surface area contributed by atoms with E-state index in [-0.39, 0.29) is 18.0 Å². The van der Waals surface area contributed by atoms with Crippen molar-refractivity contribution in [2.45, 2.75) is 19.4 Å². The molecule has 0 amide bonds. The number of carboxylic acid groups (broad SMARTS) is 1. The maximum Gasteiger partial charge on any atom is 0.327 e. The molecule has 1 aromatic heterocycles. The lowest BCUT2D eigenvalue weighted by molar-refractivity contribution is -0.141. The van der Waals surface area contributed by atoms with E-state index in [2.05, 4.69) is 15.9 Å². The van der Waals surface area contributed by atoms with E-state index in [0.717, 1.165) is 14.6 Å². The van der Waals surface area contributed by atoms with Crippen LogP contribution in [0.1, 0.15) is 28.9 Å². The fraction of sp³-hybridized carbons (Fsp3) is 0.174. The fourth-order valence-electron chi connectivity index (χ4n) is 3.34. The van der Waals surface area contributed by atoms with Gasteiger partial charge in [0.05, 0.1) is 13.3 Å². The number of carbonyl (C=O) groups is 2. The van der Waals surface area contributed by atoms with Gasteiger partial charge in [0.15, 0.2) is 5.78 Å². The highest BCUT2D eigenvalue weighted by atomic mass is 79.9. The van der Waals surface area contributed by atoms with Crippen LogP contribution in [0.25, 0.3) is 11.1 Å². The molecule has 0 saturated carbocycles. The Balaban J connectivity index is 2.13. The van der Waals surface area contributed by atoms with Gasteiger partial charge in [0.1, 0.15) is 11.8 Å². The molecule has 31 heavy (non-hydrogen) atoms. The van der Waals surface area contributed by atoms with Crippen LogP contribution in [0, 0.1) is 0 Å². The van der Waals surface area contributed by atoms with Crippen molar-refractivity contribution in [3.05, 3.63) is 85.7 Å². The summed E-state index contributed by atoms with van der Waals surface area (Å²) in [6.45, 7) is 1.42. The monoisotopic (exact) mass is 503 g/mol. The van der Waals surface area contributed by atoms with Crippen LogP contribution in [-0.4, -0.2) is 28.5 Å². The highest BCUT2D eigenvalue weighted by molar-refractivity contribution is 9.10. The number of hydrogen-bond donors (Lipinski definition) is 1. The molecular formula is C23H19BrClNO5. The van der Waals surface area contributed by atoms with E-state index in [4.69, 9.17) is 16.3 Å². The van der Waals surface area contributed by atoms with E-state index < -0.39 is 17.6 Å². The summed E-state index contributed by atoms with van der Waals surface area (Å²) in [6, 6.07) is 12.1. The van der Waals surface area contributed by atoms with Gasteiger partial charge in [-0.2, -0.15) is 0 Å². The van der Waals surface area contributed by atoms with Crippen molar-refractivity contribution in [3.8, 4) is 16.9 Å². The van der Waals surface area contributed by atoms with E-state index in [9.17, 15) is 19.5 Å². The van der Waals surface area contributed by atoms with Crippen LogP contribution in [-0.2, 0) is 11.2 Å². The van der Waals surface area contributed by atoms with Crippen molar-refractivity contribution in [1.82, 2.24) is 4.57 Å². The number of nitrogens with zero attached hydrogens (tertiary/aromatic N) is 1. The molecule has 6 nitrogen and oxygen atoms in total. The molecule has 2 aromatic carbocycles. The van der Waals surface area contributed by atoms with Crippen LogP contribution in [0.2, 0.25) is 5.02 Å². The number of benzene rings is 2. The number of ether oxygens (including phenoxy) is 1. The first-order valence-electron chi connectivity index (χ1n) is 9.29. The minimum Gasteiger partial charge on any atom is -0.495 e. The Kier molecular flexibility index (Phi) is 6.97. The molecule has 3 rings (SSSR count). The average molecular weight is 505 g/mol. The molecule has 0 aliphatic carbocycles. The Bertz CT molecular complexity index is 1200. The zero-order valence-corrected chi connectivity index (χ0v) is 19.1. The molecule has 1 heterocycles. The van der Waals surface area contributed by atoms with Gasteiger partial charge < -0.3 is 9.84 Å². The number of Topliss-reactive ketones (excluding diaryl/α,β-unsaturated/α-hetero) is 1. The van der Waals surface area contributed by atoms with E-state index in [1.165, 1.54) is 26.3 Å². The lowest BCUT2D eigenvalue weighted by Crippen LogP contribution is -2.31. The van der Waals surface area contributed by atoms with Crippen LogP contribution in [0.3, 0.4) is 0 Å². The van der Waals surface area contributed by atoms with Crippen molar-refractivity contribution in [2.24, 2.45) is 0 Å². The molecule has 0 radical (unpaired) electrons. The van der Waals surface area contributed by atoms with Crippen LogP contribution >= 0.6 is 27.5 Å². The molecule has 0 fully saturated rings. The van der Waals surface area contributed by atoms with Crippen molar-refractivity contribution in [2.75, 3.05) is 7.11 Å². The zero-order chi connectivity index (χ0) is 22.7. The average Bonchev–Trinajstić information content (AvgIpc) is 2.73. The molecule has 1 unspecified atom stereocenters. The minimum absolute atomic E-state index is 0.112. The highest BCUT2D eigenvalue weighted by Crippen LogP contribution is 2.34. The number of ketones is 1. The van der Waals surface area contributed by atoms with Gasteiger partial charge in [-0.3, -0.25) is 14.2 Å². The normalized spacial score (nSPS) is 11.7. The third-order valence-electron chi connectivity index (χ3n) is 4.88. The second kappa shape index (κ2) is 9.49. The molecule has 1 N–H and O–H groups in total. The third-order valence-corrected chi connectivity index (χ3v) is 5.64. The van der Waals surface area contributed by atoms with Crippen molar-refractivity contribution < 1.29 is 19.4 Å². The summed E-state index contributed by atoms with van der Waals surface area (Å²) in [5, 5.41) is 10.2. The smallest absolute Gasteiger partial charge is 0.327 e. The molecule has 3 aromatic rings. The second-order valence-electron chi connectivity index (χ2n) is 6.93. The van der Waals surface area contributed by atoms with E-state index in [1.807, 2.05) is 12.1 Å². The van der Waals surface area contributed by atoms with Gasteiger partial charge >= 0.3 is 5.97 Å². The van der Waals surface area contributed by atoms with Gasteiger partial charge in [-0.25, -0.2) is 4.79 Å². The van der Waals surface area contributed by atoms with Gasteiger partial charge in [0.25, 0.3) is 5.56 Å². The van der Waals surface area contributed by atoms with E-state index >= 15 is 0 Å². The summed E-state index contributed by atoms with van der Waals surface area (Å²) in [7, 11) is 1.41. The minimum atomic E-state index is -1.15. The van der Waals surface area contributed by atoms with Crippen LogP contribution < -0.4 is 10.3 Å². The SMILES string of the molecule is COc1cn(C(Cc2ccc(Br)cc2)C(=O)O)c(=O)cc1-c1cc(Cl)ccc1C(C)=O. The number of halogens is 2. The number of aromatic nitrogens is 1. The number of methoxy groups -OCH3 is 1. The fourth-order valence-corrected chi connectivity index (χ4v) is 3.78. The Morgan fingerprint density at radius 1 is 1.13 bits per heavy atom. The quantitative estimate of drug-likeness (QED) is 0.457. The van der Waals surface area contributed by atoms with Gasteiger partial charge in [-0.05, 0) is 48.4 Å². The van der Waals surface area contributed by atoms with Gasteiger partial charge in [-0.15, -0.1) is 0 Å². The highest BCUT2D eigenvalue weighted by Gasteiger charge is 2.24. The Morgan fingerprint density at radius 2 is 1.81 bits per heavy atom. The predicted molar refractivity (Wildman–Crippen MR) is 122 cm³/mol. The van der Waals surface area contributed by atoms with E-state index in [1.54, 1.807) is 30.3 Å². The van der Waals surface area contributed by atoms with Crippen LogP contribution in [0.4, 0.5) is 0 Å². The summed E-state index contributed by atoms with van der Waals surface area (Å²) < 4.78 is 7.45. The Morgan fingerprint density at radius 3 is 2.39 bits per heavy atom. The largest absolute Gasteiger partial charge is 0.495 e. The first-order chi connectivity index (χ1) is 14.7. The summed E-state index contributed by atoms with van der Waals surface area (Å²) in [5.41, 5.74) is 1.42. The number of hydrogen-bond acceptors (Lipinski definition) is 4. The van der Waals surface area contributed by atoms with Gasteiger partial charge in [0.2, 0.25) is 0 Å². The molecule has 0 saturated heterocycles. The molecule has 0 aliphatic rings. The number of rotatable bonds is 7. The number of carboxylic acids is 1. The maximum atomic E-state index is 13.0. The third kappa shape index (κ3) is 5.06. The summed E-state index contributed by atoms with van der Waals surface area (Å²) in [6.07, 6.45) is 1.47. The van der Waals surface area contributed by atoms with Crippen LogP contribution in [0.5, 0.6) is 5.75 Å². The lowest BCUT2D eigenvalue weighted by atomic mass is 9.97. The van der Waals surface area contributed by atoms with Crippen molar-refractivity contribution in [3.63, 3.8) is 0 Å². The summed E-state index contributed by atoms with van der Waals surface area (Å²) >= 11 is 9.46. The number of pyridine rings is 1. The summed E-state index contributed by atoms with van der Waals surface area (Å²) in [5.74, 6) is -1.09. The first kappa shape index (κ1) is 22.8. The lowest BCUT2D eigenvalue weighted by Gasteiger charge is -2.19. The maximum absolute atomic E-state index is 13.0.